The van der Waals surface area contributed by atoms with E-state index in [9.17, 15) is 0 Å². The minimum absolute atomic E-state index is 0.469. The van der Waals surface area contributed by atoms with Crippen LogP contribution in [0.25, 0.3) is 0 Å². The summed E-state index contributed by atoms with van der Waals surface area (Å²) in [4.78, 5) is 0. The van der Waals surface area contributed by atoms with Gasteiger partial charge in [0.2, 0.25) is 0 Å². The summed E-state index contributed by atoms with van der Waals surface area (Å²) in [5.41, 5.74) is 8.31. The predicted octanol–water partition coefficient (Wildman–Crippen LogP) is 3.91. The van der Waals surface area contributed by atoms with Crippen molar-refractivity contribution >= 4 is 11.4 Å². The van der Waals surface area contributed by atoms with Crippen molar-refractivity contribution < 1.29 is 0 Å². The molecule has 1 aliphatic rings. The lowest BCUT2D eigenvalue weighted by Crippen LogP contribution is -2.30. The van der Waals surface area contributed by atoms with E-state index in [0.717, 1.165) is 23.7 Å². The molecule has 0 radical (unpaired) electrons. The van der Waals surface area contributed by atoms with E-state index in [1.165, 1.54) is 32.1 Å². The van der Waals surface area contributed by atoms with Crippen molar-refractivity contribution in [1.29, 1.82) is 5.26 Å². The number of rotatable bonds is 4. The van der Waals surface area contributed by atoms with Crippen molar-refractivity contribution in [2.45, 2.75) is 51.5 Å². The molecule has 0 amide bonds. The zero-order valence-electron chi connectivity index (χ0n) is 11.7. The summed E-state index contributed by atoms with van der Waals surface area (Å²) >= 11 is 0. The Morgan fingerprint density at radius 2 is 2.11 bits per heavy atom. The van der Waals surface area contributed by atoms with Crippen LogP contribution in [0.1, 0.15) is 51.0 Å². The van der Waals surface area contributed by atoms with Gasteiger partial charge in [0.1, 0.15) is 0 Å². The Bertz CT molecular complexity index is 456. The van der Waals surface area contributed by atoms with Crippen molar-refractivity contribution in [2.24, 2.45) is 5.92 Å². The molecule has 3 nitrogen and oxygen atoms in total. The Kier molecular flexibility index (Phi) is 4.68. The summed E-state index contributed by atoms with van der Waals surface area (Å²) in [5.74, 6) is 0.740. The molecule has 0 spiro atoms. The number of nitrogens with zero attached hydrogens (tertiary/aromatic N) is 1. The van der Waals surface area contributed by atoms with Crippen LogP contribution in [0.4, 0.5) is 11.4 Å². The molecule has 3 N–H and O–H groups in total. The van der Waals surface area contributed by atoms with Gasteiger partial charge in [0.05, 0.1) is 23.0 Å². The van der Waals surface area contributed by atoms with Crippen LogP contribution in [-0.4, -0.2) is 6.04 Å². The predicted molar refractivity (Wildman–Crippen MR) is 79.8 cm³/mol. The summed E-state index contributed by atoms with van der Waals surface area (Å²) in [6.45, 7) is 2.22. The topological polar surface area (TPSA) is 61.8 Å². The largest absolute Gasteiger partial charge is 0.397 e. The Balaban J connectivity index is 2.11. The normalized spacial score (nSPS) is 17.7. The van der Waals surface area contributed by atoms with Crippen molar-refractivity contribution in [3.8, 4) is 6.07 Å². The zero-order valence-corrected chi connectivity index (χ0v) is 11.7. The van der Waals surface area contributed by atoms with Gasteiger partial charge in [0.15, 0.2) is 0 Å². The van der Waals surface area contributed by atoms with Gasteiger partial charge in [-0.25, -0.2) is 0 Å². The molecule has 1 atom stereocenters. The third kappa shape index (κ3) is 3.41. The summed E-state index contributed by atoms with van der Waals surface area (Å²) < 4.78 is 0. The molecule has 1 saturated carbocycles. The zero-order chi connectivity index (χ0) is 13.7. The minimum Gasteiger partial charge on any atom is -0.397 e. The fourth-order valence-corrected chi connectivity index (χ4v) is 3.04. The molecule has 0 aliphatic heterocycles. The first-order valence-corrected chi connectivity index (χ1v) is 7.30. The Morgan fingerprint density at radius 3 is 2.74 bits per heavy atom. The summed E-state index contributed by atoms with van der Waals surface area (Å²) in [6.07, 6.45) is 7.78. The number of nitrogens with one attached hydrogen (secondary N) is 1. The maximum atomic E-state index is 8.97. The van der Waals surface area contributed by atoms with E-state index < -0.39 is 0 Å². The van der Waals surface area contributed by atoms with Crippen LogP contribution in [0.15, 0.2) is 18.2 Å². The van der Waals surface area contributed by atoms with Gasteiger partial charge in [-0.3, -0.25) is 0 Å². The first kappa shape index (κ1) is 13.7. The molecule has 1 unspecified atom stereocenters. The molecule has 2 rings (SSSR count). The van der Waals surface area contributed by atoms with Gasteiger partial charge in [-0.05, 0) is 43.4 Å². The smallest absolute Gasteiger partial charge is 0.0992 e. The summed E-state index contributed by atoms with van der Waals surface area (Å²) in [6, 6.07) is 8.08. The molecule has 1 fully saturated rings. The third-order valence-corrected chi connectivity index (χ3v) is 4.18. The van der Waals surface area contributed by atoms with Gasteiger partial charge < -0.3 is 11.1 Å². The highest BCUT2D eigenvalue weighted by Crippen LogP contribution is 2.31. The van der Waals surface area contributed by atoms with Crippen molar-refractivity contribution in [1.82, 2.24) is 0 Å². The number of nitriles is 1. The summed E-state index contributed by atoms with van der Waals surface area (Å²) in [5, 5.41) is 12.5. The molecule has 3 heteroatoms. The van der Waals surface area contributed by atoms with Crippen molar-refractivity contribution in [3.63, 3.8) is 0 Å². The van der Waals surface area contributed by atoms with Gasteiger partial charge in [0, 0.05) is 6.04 Å². The van der Waals surface area contributed by atoms with E-state index in [1.807, 2.05) is 12.1 Å². The van der Waals surface area contributed by atoms with Gasteiger partial charge >= 0.3 is 0 Å². The van der Waals surface area contributed by atoms with Gasteiger partial charge in [-0.2, -0.15) is 5.26 Å². The average molecular weight is 257 g/mol. The second kappa shape index (κ2) is 6.47. The molecule has 0 bridgehead atoms. The lowest BCUT2D eigenvalue weighted by atomic mass is 9.83. The Labute approximate surface area is 115 Å². The molecule has 1 aromatic rings. The molecule has 1 aromatic carbocycles. The monoisotopic (exact) mass is 257 g/mol. The van der Waals surface area contributed by atoms with E-state index in [4.69, 9.17) is 11.0 Å². The van der Waals surface area contributed by atoms with Crippen LogP contribution < -0.4 is 11.1 Å². The van der Waals surface area contributed by atoms with E-state index in [-0.39, 0.29) is 0 Å². The molecule has 1 aliphatic carbocycles. The van der Waals surface area contributed by atoms with E-state index in [2.05, 4.69) is 18.3 Å². The van der Waals surface area contributed by atoms with Gasteiger partial charge in [0.25, 0.3) is 0 Å². The second-order valence-corrected chi connectivity index (χ2v) is 5.47. The minimum atomic E-state index is 0.469. The quantitative estimate of drug-likeness (QED) is 0.804. The Hall–Kier alpha value is -1.69. The molecule has 0 saturated heterocycles. The first-order valence-electron chi connectivity index (χ1n) is 7.30. The fourth-order valence-electron chi connectivity index (χ4n) is 3.04. The fraction of sp³-hybridized carbons (Fsp3) is 0.562. The Morgan fingerprint density at radius 1 is 1.37 bits per heavy atom. The summed E-state index contributed by atoms with van der Waals surface area (Å²) in [7, 11) is 0. The van der Waals surface area contributed by atoms with Crippen LogP contribution in [0.2, 0.25) is 0 Å². The number of anilines is 2. The molecule has 0 heterocycles. The molecule has 19 heavy (non-hydrogen) atoms. The van der Waals surface area contributed by atoms with Crippen LogP contribution in [-0.2, 0) is 0 Å². The number of nitrogens with two attached hydrogens (primary N) is 1. The van der Waals surface area contributed by atoms with Gasteiger partial charge in [-0.1, -0.05) is 26.2 Å². The number of benzene rings is 1. The number of nitrogen functional groups attached to an aromatic ring is 1. The van der Waals surface area contributed by atoms with Crippen molar-refractivity contribution in [2.75, 3.05) is 11.1 Å². The van der Waals surface area contributed by atoms with Crippen LogP contribution >= 0.6 is 0 Å². The van der Waals surface area contributed by atoms with Crippen LogP contribution in [0.5, 0.6) is 0 Å². The first-order chi connectivity index (χ1) is 9.24. The number of hydrogen-bond acceptors (Lipinski definition) is 3. The highest BCUT2D eigenvalue weighted by atomic mass is 14.9. The maximum Gasteiger partial charge on any atom is 0.0992 e. The van der Waals surface area contributed by atoms with E-state index in [0.29, 0.717) is 11.6 Å². The highest BCUT2D eigenvalue weighted by Gasteiger charge is 2.22. The standard InChI is InChI=1S/C16H23N3/c1-2-15(13-6-4-3-5-7-13)19-16-10-12(11-17)8-9-14(16)18/h8-10,13,15,19H,2-7,18H2,1H3. The van der Waals surface area contributed by atoms with Gasteiger partial charge in [-0.15, -0.1) is 0 Å². The molecule has 102 valence electrons. The molecular formula is C16H23N3. The van der Waals surface area contributed by atoms with Crippen LogP contribution in [0.3, 0.4) is 0 Å². The average Bonchev–Trinajstić information content (AvgIpc) is 2.47. The SMILES string of the molecule is CCC(Nc1cc(C#N)ccc1N)C1CCCCC1. The van der Waals surface area contributed by atoms with E-state index >= 15 is 0 Å². The molecular weight excluding hydrogens is 234 g/mol. The highest BCUT2D eigenvalue weighted by molar-refractivity contribution is 5.68. The number of hydrogen-bond donors (Lipinski definition) is 2. The molecule has 0 aromatic heterocycles. The van der Waals surface area contributed by atoms with Crippen LogP contribution in [0, 0.1) is 17.2 Å². The maximum absolute atomic E-state index is 8.97. The third-order valence-electron chi connectivity index (χ3n) is 4.18. The van der Waals surface area contributed by atoms with E-state index in [1.54, 1.807) is 6.07 Å². The lowest BCUT2D eigenvalue weighted by Gasteiger charge is -2.31. The second-order valence-electron chi connectivity index (χ2n) is 5.47. The lowest BCUT2D eigenvalue weighted by molar-refractivity contribution is 0.313. The van der Waals surface area contributed by atoms with Crippen molar-refractivity contribution in [3.05, 3.63) is 23.8 Å².